The van der Waals surface area contributed by atoms with E-state index in [-0.39, 0.29) is 11.5 Å². The standard InChI is InChI=1S/C14H20N2O4/c15-13(17)3-1-2-8-16-9-10-20-12-6-4-11(5-7-12)14(18)19/h4-7,16H,1-3,8-10H2,(H2,15,17)(H,18,19). The highest BCUT2D eigenvalue weighted by molar-refractivity contribution is 5.87. The van der Waals surface area contributed by atoms with Crippen molar-refractivity contribution in [2.24, 2.45) is 5.73 Å². The molecular weight excluding hydrogens is 260 g/mol. The van der Waals surface area contributed by atoms with Gasteiger partial charge in [-0.25, -0.2) is 4.79 Å². The van der Waals surface area contributed by atoms with E-state index in [0.29, 0.717) is 25.3 Å². The summed E-state index contributed by atoms with van der Waals surface area (Å²) in [5, 5.41) is 11.9. The Labute approximate surface area is 117 Å². The molecule has 6 heteroatoms. The molecule has 1 amide bonds. The minimum atomic E-state index is -0.950. The van der Waals surface area contributed by atoms with Gasteiger partial charge >= 0.3 is 5.97 Å². The van der Waals surface area contributed by atoms with Crippen molar-refractivity contribution in [2.75, 3.05) is 19.7 Å². The number of carbonyl (C=O) groups is 2. The number of ether oxygens (including phenoxy) is 1. The van der Waals surface area contributed by atoms with Gasteiger partial charge in [-0.2, -0.15) is 0 Å². The van der Waals surface area contributed by atoms with Gasteiger partial charge in [-0.1, -0.05) is 0 Å². The lowest BCUT2D eigenvalue weighted by molar-refractivity contribution is -0.118. The van der Waals surface area contributed by atoms with Gasteiger partial charge in [0.2, 0.25) is 5.91 Å². The lowest BCUT2D eigenvalue weighted by Gasteiger charge is -2.07. The molecule has 0 saturated carbocycles. The average molecular weight is 280 g/mol. The predicted octanol–water partition coefficient (Wildman–Crippen LogP) is 1.01. The van der Waals surface area contributed by atoms with Gasteiger partial charge in [0, 0.05) is 13.0 Å². The highest BCUT2D eigenvalue weighted by atomic mass is 16.5. The van der Waals surface area contributed by atoms with Crippen molar-refractivity contribution >= 4 is 11.9 Å². The molecule has 0 unspecified atom stereocenters. The van der Waals surface area contributed by atoms with E-state index in [1.807, 2.05) is 0 Å². The van der Waals surface area contributed by atoms with Crippen LogP contribution in [0.5, 0.6) is 5.75 Å². The molecule has 1 rings (SSSR count). The first kappa shape index (κ1) is 16.0. The molecule has 0 radical (unpaired) electrons. The number of benzene rings is 1. The Morgan fingerprint density at radius 3 is 2.45 bits per heavy atom. The van der Waals surface area contributed by atoms with Crippen molar-refractivity contribution in [3.05, 3.63) is 29.8 Å². The fraction of sp³-hybridized carbons (Fsp3) is 0.429. The van der Waals surface area contributed by atoms with Crippen molar-refractivity contribution in [1.82, 2.24) is 5.32 Å². The second-order valence-corrected chi connectivity index (χ2v) is 4.35. The molecule has 0 aliphatic carbocycles. The number of primary amides is 1. The Morgan fingerprint density at radius 2 is 1.85 bits per heavy atom. The van der Waals surface area contributed by atoms with Crippen molar-refractivity contribution in [1.29, 1.82) is 0 Å². The Balaban J connectivity index is 2.06. The molecular formula is C14H20N2O4. The molecule has 0 aliphatic rings. The fourth-order valence-corrected chi connectivity index (χ4v) is 1.61. The fourth-order valence-electron chi connectivity index (χ4n) is 1.61. The first-order valence-electron chi connectivity index (χ1n) is 6.55. The topological polar surface area (TPSA) is 102 Å². The SMILES string of the molecule is NC(=O)CCCCNCCOc1ccc(C(=O)O)cc1. The summed E-state index contributed by atoms with van der Waals surface area (Å²) >= 11 is 0. The lowest BCUT2D eigenvalue weighted by atomic mass is 10.2. The van der Waals surface area contributed by atoms with E-state index in [1.165, 1.54) is 12.1 Å². The molecule has 0 spiro atoms. The third-order valence-corrected chi connectivity index (χ3v) is 2.68. The molecule has 0 aromatic heterocycles. The van der Waals surface area contributed by atoms with E-state index >= 15 is 0 Å². The first-order valence-corrected chi connectivity index (χ1v) is 6.55. The van der Waals surface area contributed by atoms with E-state index in [9.17, 15) is 9.59 Å². The second kappa shape index (κ2) is 8.92. The molecule has 1 aromatic rings. The average Bonchev–Trinajstić information content (AvgIpc) is 2.42. The number of nitrogens with one attached hydrogen (secondary N) is 1. The highest BCUT2D eigenvalue weighted by Crippen LogP contribution is 2.11. The maximum atomic E-state index is 10.7. The summed E-state index contributed by atoms with van der Waals surface area (Å²) in [6.07, 6.45) is 2.12. The van der Waals surface area contributed by atoms with Gasteiger partial charge in [0.25, 0.3) is 0 Å². The Kier molecular flexibility index (Phi) is 7.13. The summed E-state index contributed by atoms with van der Waals surface area (Å²) in [5.41, 5.74) is 5.27. The molecule has 20 heavy (non-hydrogen) atoms. The lowest BCUT2D eigenvalue weighted by Crippen LogP contribution is -2.22. The molecule has 0 saturated heterocycles. The Bertz CT molecular complexity index is 431. The summed E-state index contributed by atoms with van der Waals surface area (Å²) in [6, 6.07) is 6.29. The minimum Gasteiger partial charge on any atom is -0.492 e. The minimum absolute atomic E-state index is 0.241. The van der Waals surface area contributed by atoms with Crippen LogP contribution in [-0.4, -0.2) is 36.7 Å². The molecule has 0 bridgehead atoms. The van der Waals surface area contributed by atoms with Crippen LogP contribution in [0.15, 0.2) is 24.3 Å². The quantitative estimate of drug-likeness (QED) is 0.555. The van der Waals surface area contributed by atoms with Gasteiger partial charge in [0.15, 0.2) is 0 Å². The maximum Gasteiger partial charge on any atom is 0.335 e. The molecule has 6 nitrogen and oxygen atoms in total. The van der Waals surface area contributed by atoms with Crippen LogP contribution in [0.3, 0.4) is 0 Å². The largest absolute Gasteiger partial charge is 0.492 e. The van der Waals surface area contributed by atoms with Gasteiger partial charge in [-0.05, 0) is 43.7 Å². The number of unbranched alkanes of at least 4 members (excludes halogenated alkanes) is 1. The van der Waals surface area contributed by atoms with Crippen LogP contribution in [0.2, 0.25) is 0 Å². The van der Waals surface area contributed by atoms with Crippen LogP contribution in [-0.2, 0) is 4.79 Å². The van der Waals surface area contributed by atoms with Gasteiger partial charge in [0.1, 0.15) is 12.4 Å². The van der Waals surface area contributed by atoms with Gasteiger partial charge in [-0.15, -0.1) is 0 Å². The molecule has 0 heterocycles. The number of carboxylic acid groups (broad SMARTS) is 1. The molecule has 4 N–H and O–H groups in total. The summed E-state index contributed by atoms with van der Waals surface area (Å²) in [4.78, 5) is 21.2. The zero-order valence-corrected chi connectivity index (χ0v) is 11.3. The molecule has 1 aromatic carbocycles. The van der Waals surface area contributed by atoms with Gasteiger partial charge in [0.05, 0.1) is 5.56 Å². The number of rotatable bonds is 10. The number of aromatic carboxylic acids is 1. The van der Waals surface area contributed by atoms with Gasteiger partial charge in [-0.3, -0.25) is 4.79 Å². The van der Waals surface area contributed by atoms with Crippen LogP contribution in [0, 0.1) is 0 Å². The van der Waals surface area contributed by atoms with Crippen LogP contribution in [0.1, 0.15) is 29.6 Å². The third kappa shape index (κ3) is 6.75. The summed E-state index contributed by atoms with van der Waals surface area (Å²) in [6.45, 7) is 2.01. The molecule has 0 fully saturated rings. The van der Waals surface area contributed by atoms with Crippen LogP contribution in [0.25, 0.3) is 0 Å². The zero-order chi connectivity index (χ0) is 14.8. The summed E-state index contributed by atoms with van der Waals surface area (Å²) in [5.74, 6) is -0.571. The summed E-state index contributed by atoms with van der Waals surface area (Å²) in [7, 11) is 0. The van der Waals surface area contributed by atoms with E-state index in [1.54, 1.807) is 12.1 Å². The van der Waals surface area contributed by atoms with Gasteiger partial charge < -0.3 is 20.9 Å². The zero-order valence-electron chi connectivity index (χ0n) is 11.3. The van der Waals surface area contributed by atoms with E-state index in [2.05, 4.69) is 5.32 Å². The highest BCUT2D eigenvalue weighted by Gasteiger charge is 2.01. The second-order valence-electron chi connectivity index (χ2n) is 4.35. The van der Waals surface area contributed by atoms with Crippen LogP contribution < -0.4 is 15.8 Å². The first-order chi connectivity index (χ1) is 9.59. The smallest absolute Gasteiger partial charge is 0.335 e. The number of hydrogen-bond donors (Lipinski definition) is 3. The number of hydrogen-bond acceptors (Lipinski definition) is 4. The normalized spacial score (nSPS) is 10.2. The van der Waals surface area contributed by atoms with E-state index in [0.717, 1.165) is 19.4 Å². The van der Waals surface area contributed by atoms with E-state index in [4.69, 9.17) is 15.6 Å². The third-order valence-electron chi connectivity index (χ3n) is 2.68. The van der Waals surface area contributed by atoms with Crippen LogP contribution >= 0.6 is 0 Å². The number of carbonyl (C=O) groups excluding carboxylic acids is 1. The van der Waals surface area contributed by atoms with Crippen LogP contribution in [0.4, 0.5) is 0 Å². The maximum absolute atomic E-state index is 10.7. The monoisotopic (exact) mass is 280 g/mol. The van der Waals surface area contributed by atoms with Crippen molar-refractivity contribution in [3.8, 4) is 5.75 Å². The summed E-state index contributed by atoms with van der Waals surface area (Å²) < 4.78 is 5.46. The van der Waals surface area contributed by atoms with Crippen molar-refractivity contribution in [2.45, 2.75) is 19.3 Å². The number of nitrogens with two attached hydrogens (primary N) is 1. The Morgan fingerprint density at radius 1 is 1.15 bits per heavy atom. The molecule has 0 aliphatic heterocycles. The molecule has 110 valence electrons. The van der Waals surface area contributed by atoms with Crippen molar-refractivity contribution < 1.29 is 19.4 Å². The predicted molar refractivity (Wildman–Crippen MR) is 74.8 cm³/mol. The van der Waals surface area contributed by atoms with E-state index < -0.39 is 5.97 Å². The molecule has 0 atom stereocenters. The number of amides is 1. The number of carboxylic acids is 1. The Hall–Kier alpha value is -2.08. The van der Waals surface area contributed by atoms with Crippen molar-refractivity contribution in [3.63, 3.8) is 0 Å².